The van der Waals surface area contributed by atoms with Gasteiger partial charge in [-0.25, -0.2) is 9.97 Å². The largest absolute Gasteiger partial charge is 0.481 e. The van der Waals surface area contributed by atoms with Crippen LogP contribution >= 0.6 is 0 Å². The first kappa shape index (κ1) is 15.0. The average Bonchev–Trinajstić information content (AvgIpc) is 2.49. The lowest BCUT2D eigenvalue weighted by atomic mass is 9.86. The van der Waals surface area contributed by atoms with Crippen LogP contribution < -0.4 is 14.8 Å². The molecule has 6 nitrogen and oxygen atoms in total. The molecule has 1 saturated carbocycles. The van der Waals surface area contributed by atoms with E-state index >= 15 is 0 Å². The van der Waals surface area contributed by atoms with Gasteiger partial charge in [-0.1, -0.05) is 12.8 Å². The molecule has 2 unspecified atom stereocenters. The average molecular weight is 281 g/mol. The van der Waals surface area contributed by atoms with E-state index in [9.17, 15) is 5.11 Å². The van der Waals surface area contributed by atoms with Gasteiger partial charge in [-0.2, -0.15) is 0 Å². The normalized spacial score (nSPS) is 22.6. The van der Waals surface area contributed by atoms with E-state index in [0.717, 1.165) is 31.4 Å². The minimum absolute atomic E-state index is 0.188. The van der Waals surface area contributed by atoms with Crippen LogP contribution in [0.4, 0.5) is 0 Å². The lowest BCUT2D eigenvalue weighted by Gasteiger charge is -2.27. The highest BCUT2D eigenvalue weighted by Gasteiger charge is 2.23. The molecule has 0 bridgehead atoms. The summed E-state index contributed by atoms with van der Waals surface area (Å²) in [7, 11) is 3.16. The highest BCUT2D eigenvalue weighted by Crippen LogP contribution is 2.25. The Labute approximate surface area is 119 Å². The van der Waals surface area contributed by atoms with Crippen LogP contribution in [0.5, 0.6) is 11.8 Å². The molecular formula is C14H23N3O3. The number of rotatable bonds is 6. The van der Waals surface area contributed by atoms with Crippen molar-refractivity contribution in [2.45, 2.75) is 38.3 Å². The van der Waals surface area contributed by atoms with Gasteiger partial charge in [0.15, 0.2) is 0 Å². The van der Waals surface area contributed by atoms with E-state index in [-0.39, 0.29) is 6.10 Å². The summed E-state index contributed by atoms with van der Waals surface area (Å²) in [4.78, 5) is 8.17. The Morgan fingerprint density at radius 1 is 1.20 bits per heavy atom. The second kappa shape index (κ2) is 7.40. The van der Waals surface area contributed by atoms with Crippen LogP contribution in [0.3, 0.4) is 0 Å². The van der Waals surface area contributed by atoms with Crippen molar-refractivity contribution in [3.8, 4) is 11.8 Å². The van der Waals surface area contributed by atoms with Crippen molar-refractivity contribution in [2.75, 3.05) is 20.8 Å². The van der Waals surface area contributed by atoms with Gasteiger partial charge in [0.1, 0.15) is 6.33 Å². The smallest absolute Gasteiger partial charge is 0.224 e. The van der Waals surface area contributed by atoms with E-state index in [2.05, 4.69) is 15.3 Å². The second-order valence-electron chi connectivity index (χ2n) is 5.11. The summed E-state index contributed by atoms with van der Waals surface area (Å²) in [5.41, 5.74) is 0.808. The monoisotopic (exact) mass is 281 g/mol. The Hall–Kier alpha value is -1.40. The number of hydrogen-bond donors (Lipinski definition) is 2. The quantitative estimate of drug-likeness (QED) is 0.814. The third-order valence-corrected chi connectivity index (χ3v) is 3.83. The number of aliphatic hydroxyl groups excluding tert-OH is 1. The van der Waals surface area contributed by atoms with Crippen molar-refractivity contribution in [2.24, 2.45) is 5.92 Å². The molecule has 1 aromatic heterocycles. The Balaban J connectivity index is 1.93. The molecule has 2 N–H and O–H groups in total. The van der Waals surface area contributed by atoms with Crippen LogP contribution in [0.15, 0.2) is 6.33 Å². The summed E-state index contributed by atoms with van der Waals surface area (Å²) in [6.07, 6.45) is 5.55. The van der Waals surface area contributed by atoms with Crippen molar-refractivity contribution in [1.29, 1.82) is 0 Å². The van der Waals surface area contributed by atoms with Gasteiger partial charge in [-0.3, -0.25) is 0 Å². The number of aliphatic hydroxyl groups is 1. The predicted molar refractivity (Wildman–Crippen MR) is 74.8 cm³/mol. The minimum atomic E-state index is -0.188. The summed E-state index contributed by atoms with van der Waals surface area (Å²) in [5, 5.41) is 13.3. The van der Waals surface area contributed by atoms with Gasteiger partial charge < -0.3 is 19.9 Å². The molecule has 0 aliphatic heterocycles. The molecule has 0 spiro atoms. The number of ether oxygens (including phenoxy) is 2. The van der Waals surface area contributed by atoms with Crippen LogP contribution in [0.2, 0.25) is 0 Å². The maximum atomic E-state index is 9.95. The van der Waals surface area contributed by atoms with Crippen LogP contribution in [0.1, 0.15) is 31.2 Å². The maximum absolute atomic E-state index is 9.95. The van der Waals surface area contributed by atoms with Crippen molar-refractivity contribution in [1.82, 2.24) is 15.3 Å². The zero-order chi connectivity index (χ0) is 14.4. The van der Waals surface area contributed by atoms with Gasteiger partial charge >= 0.3 is 0 Å². The zero-order valence-corrected chi connectivity index (χ0v) is 12.1. The number of hydrogen-bond acceptors (Lipinski definition) is 6. The molecule has 6 heteroatoms. The third kappa shape index (κ3) is 3.58. The van der Waals surface area contributed by atoms with E-state index in [1.165, 1.54) is 12.7 Å². The lowest BCUT2D eigenvalue weighted by Crippen LogP contribution is -2.33. The van der Waals surface area contributed by atoms with Crippen LogP contribution in [-0.2, 0) is 6.54 Å². The number of nitrogens with one attached hydrogen (secondary N) is 1. The molecule has 1 aromatic rings. The van der Waals surface area contributed by atoms with Gasteiger partial charge in [0, 0.05) is 13.1 Å². The first-order valence-corrected chi connectivity index (χ1v) is 7.07. The molecule has 0 amide bonds. The van der Waals surface area contributed by atoms with Gasteiger partial charge in [0.2, 0.25) is 11.8 Å². The van der Waals surface area contributed by atoms with E-state index in [4.69, 9.17) is 9.47 Å². The molecule has 1 aliphatic rings. The molecule has 0 radical (unpaired) electrons. The first-order valence-electron chi connectivity index (χ1n) is 7.07. The Kier molecular flexibility index (Phi) is 5.55. The second-order valence-corrected chi connectivity index (χ2v) is 5.11. The van der Waals surface area contributed by atoms with Crippen LogP contribution in [0.25, 0.3) is 0 Å². The van der Waals surface area contributed by atoms with Crippen LogP contribution in [-0.4, -0.2) is 41.9 Å². The Morgan fingerprint density at radius 2 is 1.85 bits per heavy atom. The molecule has 20 heavy (non-hydrogen) atoms. The predicted octanol–water partition coefficient (Wildman–Crippen LogP) is 1.13. The molecule has 0 aromatic carbocycles. The summed E-state index contributed by atoms with van der Waals surface area (Å²) in [6.45, 7) is 1.35. The highest BCUT2D eigenvalue weighted by atomic mass is 16.5. The number of aromatic nitrogens is 2. The molecule has 1 aliphatic carbocycles. The van der Waals surface area contributed by atoms with Gasteiger partial charge in [0.05, 0.1) is 25.9 Å². The number of nitrogens with zero attached hydrogens (tertiary/aromatic N) is 2. The van der Waals surface area contributed by atoms with E-state index in [1.54, 1.807) is 14.2 Å². The van der Waals surface area contributed by atoms with Crippen molar-refractivity contribution >= 4 is 0 Å². The molecule has 1 fully saturated rings. The number of methoxy groups -OCH3 is 2. The SMILES string of the molecule is COc1ncnc(OC)c1CNCC1CCCCC1O. The fourth-order valence-electron chi connectivity index (χ4n) is 2.69. The fraction of sp³-hybridized carbons (Fsp3) is 0.714. The van der Waals surface area contributed by atoms with Crippen molar-refractivity contribution in [3.05, 3.63) is 11.9 Å². The summed E-state index contributed by atoms with van der Waals surface area (Å²) in [5.74, 6) is 1.37. The maximum Gasteiger partial charge on any atom is 0.224 e. The van der Waals surface area contributed by atoms with E-state index in [0.29, 0.717) is 24.2 Å². The van der Waals surface area contributed by atoms with Gasteiger partial charge in [-0.15, -0.1) is 0 Å². The molecule has 112 valence electrons. The topological polar surface area (TPSA) is 76.5 Å². The Bertz CT molecular complexity index is 406. The molecular weight excluding hydrogens is 258 g/mol. The fourth-order valence-corrected chi connectivity index (χ4v) is 2.69. The third-order valence-electron chi connectivity index (χ3n) is 3.83. The minimum Gasteiger partial charge on any atom is -0.481 e. The zero-order valence-electron chi connectivity index (χ0n) is 12.1. The summed E-state index contributed by atoms with van der Waals surface area (Å²) in [6, 6.07) is 0. The van der Waals surface area contributed by atoms with Gasteiger partial charge in [-0.05, 0) is 18.8 Å². The molecule has 1 heterocycles. The van der Waals surface area contributed by atoms with Gasteiger partial charge in [0.25, 0.3) is 0 Å². The molecule has 2 rings (SSSR count). The molecule has 0 saturated heterocycles. The Morgan fingerprint density at radius 3 is 2.45 bits per heavy atom. The highest BCUT2D eigenvalue weighted by molar-refractivity contribution is 5.34. The van der Waals surface area contributed by atoms with Crippen molar-refractivity contribution in [3.63, 3.8) is 0 Å². The van der Waals surface area contributed by atoms with Crippen LogP contribution in [0, 0.1) is 5.92 Å². The molecule has 2 atom stereocenters. The van der Waals surface area contributed by atoms with E-state index in [1.807, 2.05) is 0 Å². The standard InChI is InChI=1S/C14H23N3O3/c1-19-13-11(14(20-2)17-9-16-13)8-15-7-10-5-3-4-6-12(10)18/h9-10,12,15,18H,3-8H2,1-2H3. The first-order chi connectivity index (χ1) is 9.76. The van der Waals surface area contributed by atoms with E-state index < -0.39 is 0 Å². The lowest BCUT2D eigenvalue weighted by molar-refractivity contribution is 0.0694. The summed E-state index contributed by atoms with van der Waals surface area (Å²) >= 11 is 0. The summed E-state index contributed by atoms with van der Waals surface area (Å²) < 4.78 is 10.5. The van der Waals surface area contributed by atoms with Crippen molar-refractivity contribution < 1.29 is 14.6 Å².